The number of carbonyl (C=O) groups excluding carboxylic acids is 1. The Hall–Kier alpha value is -2.71. The summed E-state index contributed by atoms with van der Waals surface area (Å²) in [5.41, 5.74) is 2.09. The topological polar surface area (TPSA) is 57.2 Å². The summed E-state index contributed by atoms with van der Waals surface area (Å²) >= 11 is 6.78. The molecule has 0 bridgehead atoms. The number of thiocarbonyl (C=S) groups is 1. The highest BCUT2D eigenvalue weighted by Gasteiger charge is 2.32. The standard InChI is InChI=1S/C21H17NO5S2/c23-20-19(3-1-2-13-4-6-15-17(8-13)26-11-24-15)29-21(28)22(20)10-14-5-7-16-18(9-14)27-12-25-16/h3-9H,1-2,10-12H2/b19-3-. The van der Waals surface area contributed by atoms with Gasteiger partial charge in [0.1, 0.15) is 4.32 Å². The van der Waals surface area contributed by atoms with E-state index in [0.717, 1.165) is 41.2 Å². The monoisotopic (exact) mass is 427 g/mol. The Morgan fingerprint density at radius 2 is 1.55 bits per heavy atom. The van der Waals surface area contributed by atoms with Crippen molar-refractivity contribution in [3.05, 3.63) is 58.5 Å². The van der Waals surface area contributed by atoms with Crippen LogP contribution in [0.2, 0.25) is 0 Å². The van der Waals surface area contributed by atoms with Crippen molar-refractivity contribution in [2.45, 2.75) is 19.4 Å². The molecule has 6 nitrogen and oxygen atoms in total. The highest BCUT2D eigenvalue weighted by atomic mass is 32.2. The van der Waals surface area contributed by atoms with Crippen LogP contribution in [0.15, 0.2) is 47.4 Å². The Labute approximate surface area is 177 Å². The lowest BCUT2D eigenvalue weighted by Gasteiger charge is -2.14. The maximum absolute atomic E-state index is 12.8. The molecule has 0 aliphatic carbocycles. The Morgan fingerprint density at radius 1 is 0.931 bits per heavy atom. The lowest BCUT2D eigenvalue weighted by molar-refractivity contribution is -0.122. The van der Waals surface area contributed by atoms with Crippen LogP contribution >= 0.6 is 24.0 Å². The summed E-state index contributed by atoms with van der Waals surface area (Å²) in [7, 11) is 0. The molecule has 0 unspecified atom stereocenters. The first-order valence-corrected chi connectivity index (χ1v) is 10.4. The summed E-state index contributed by atoms with van der Waals surface area (Å²) in [6.07, 6.45) is 3.51. The fourth-order valence-electron chi connectivity index (χ4n) is 3.36. The van der Waals surface area contributed by atoms with E-state index in [1.54, 1.807) is 4.90 Å². The van der Waals surface area contributed by atoms with Gasteiger partial charge in [-0.25, -0.2) is 0 Å². The summed E-state index contributed by atoms with van der Waals surface area (Å²) < 4.78 is 22.1. The number of fused-ring (bicyclic) bond motifs is 2. The first-order valence-electron chi connectivity index (χ1n) is 9.18. The average Bonchev–Trinajstić information content (AvgIpc) is 3.43. The van der Waals surface area contributed by atoms with Crippen molar-refractivity contribution in [3.63, 3.8) is 0 Å². The molecule has 0 spiro atoms. The van der Waals surface area contributed by atoms with E-state index < -0.39 is 0 Å². The predicted octanol–water partition coefficient (Wildman–Crippen LogP) is 4.02. The largest absolute Gasteiger partial charge is 0.454 e. The van der Waals surface area contributed by atoms with Gasteiger partial charge >= 0.3 is 0 Å². The van der Waals surface area contributed by atoms with Crippen LogP contribution in [-0.2, 0) is 17.8 Å². The third-order valence-corrected chi connectivity index (χ3v) is 6.28. The van der Waals surface area contributed by atoms with Crippen LogP contribution < -0.4 is 18.9 Å². The summed E-state index contributed by atoms with van der Waals surface area (Å²) in [4.78, 5) is 15.1. The molecule has 29 heavy (non-hydrogen) atoms. The summed E-state index contributed by atoms with van der Waals surface area (Å²) in [6.45, 7) is 0.914. The van der Waals surface area contributed by atoms with Crippen molar-refractivity contribution in [1.82, 2.24) is 4.90 Å². The molecule has 148 valence electrons. The minimum absolute atomic E-state index is 0.0525. The molecule has 0 atom stereocenters. The zero-order chi connectivity index (χ0) is 19.8. The van der Waals surface area contributed by atoms with Gasteiger partial charge in [-0.3, -0.25) is 9.69 Å². The third-order valence-electron chi connectivity index (χ3n) is 4.85. The quantitative estimate of drug-likeness (QED) is 0.528. The maximum atomic E-state index is 12.8. The molecule has 0 N–H and O–H groups in total. The van der Waals surface area contributed by atoms with Gasteiger partial charge in [-0.1, -0.05) is 42.2 Å². The SMILES string of the molecule is O=C1/C(=C/CCc2ccc3c(c2)OCO3)SC(=S)N1Cc1ccc2c(c1)OCO2. The molecule has 0 radical (unpaired) electrons. The van der Waals surface area contributed by atoms with Crippen molar-refractivity contribution >= 4 is 34.2 Å². The van der Waals surface area contributed by atoms with Crippen LogP contribution in [0.25, 0.3) is 0 Å². The van der Waals surface area contributed by atoms with Gasteiger partial charge in [-0.05, 0) is 48.2 Å². The minimum atomic E-state index is -0.0525. The number of amides is 1. The van der Waals surface area contributed by atoms with E-state index in [2.05, 4.69) is 0 Å². The Bertz CT molecular complexity index is 1040. The lowest BCUT2D eigenvalue weighted by Crippen LogP contribution is -2.27. The summed E-state index contributed by atoms with van der Waals surface area (Å²) in [5.74, 6) is 2.92. The summed E-state index contributed by atoms with van der Waals surface area (Å²) in [5, 5.41) is 0. The van der Waals surface area contributed by atoms with E-state index >= 15 is 0 Å². The second kappa shape index (κ2) is 7.61. The second-order valence-corrected chi connectivity index (χ2v) is 8.42. The van der Waals surface area contributed by atoms with Gasteiger partial charge in [0.05, 0.1) is 11.4 Å². The van der Waals surface area contributed by atoms with Gasteiger partial charge in [0.25, 0.3) is 5.91 Å². The van der Waals surface area contributed by atoms with Crippen molar-refractivity contribution in [2.75, 3.05) is 13.6 Å². The van der Waals surface area contributed by atoms with Crippen LogP contribution in [-0.4, -0.2) is 28.7 Å². The molecule has 1 saturated heterocycles. The Morgan fingerprint density at radius 3 is 2.28 bits per heavy atom. The molecule has 0 saturated carbocycles. The number of aryl methyl sites for hydroxylation is 1. The van der Waals surface area contributed by atoms with Gasteiger partial charge in [0, 0.05) is 0 Å². The van der Waals surface area contributed by atoms with Crippen LogP contribution in [0.1, 0.15) is 17.5 Å². The predicted molar refractivity (Wildman–Crippen MR) is 112 cm³/mol. The van der Waals surface area contributed by atoms with Gasteiger partial charge in [0.15, 0.2) is 23.0 Å². The first-order chi connectivity index (χ1) is 14.2. The fourth-order valence-corrected chi connectivity index (χ4v) is 4.62. The van der Waals surface area contributed by atoms with Gasteiger partial charge < -0.3 is 18.9 Å². The van der Waals surface area contributed by atoms with E-state index in [4.69, 9.17) is 31.2 Å². The first kappa shape index (κ1) is 18.3. The maximum Gasteiger partial charge on any atom is 0.266 e. The Balaban J connectivity index is 1.23. The number of ether oxygens (including phenoxy) is 4. The van der Waals surface area contributed by atoms with E-state index in [1.807, 2.05) is 42.5 Å². The second-order valence-electron chi connectivity index (χ2n) is 6.74. The Kier molecular flexibility index (Phi) is 4.81. The summed E-state index contributed by atoms with van der Waals surface area (Å²) in [6, 6.07) is 11.6. The molecule has 1 fully saturated rings. The molecule has 2 aromatic rings. The molecule has 3 aliphatic rings. The number of carbonyl (C=O) groups is 1. The van der Waals surface area contributed by atoms with Gasteiger partial charge in [-0.2, -0.15) is 0 Å². The van der Waals surface area contributed by atoms with Gasteiger partial charge in [-0.15, -0.1) is 0 Å². The number of hydrogen-bond donors (Lipinski definition) is 0. The molecule has 0 aromatic heterocycles. The molecule has 8 heteroatoms. The molecule has 1 amide bonds. The molecule has 2 aromatic carbocycles. The molecular formula is C21H17NO5S2. The van der Waals surface area contributed by atoms with Gasteiger partial charge in [0.2, 0.25) is 13.6 Å². The number of rotatable bonds is 5. The average molecular weight is 428 g/mol. The van der Waals surface area contributed by atoms with E-state index in [-0.39, 0.29) is 19.5 Å². The number of hydrogen-bond acceptors (Lipinski definition) is 7. The number of allylic oxidation sites excluding steroid dienone is 1. The van der Waals surface area contributed by atoms with Crippen molar-refractivity contribution in [2.24, 2.45) is 0 Å². The third kappa shape index (κ3) is 3.65. The van der Waals surface area contributed by atoms with Crippen LogP contribution in [0.3, 0.4) is 0 Å². The zero-order valence-electron chi connectivity index (χ0n) is 15.4. The highest BCUT2D eigenvalue weighted by molar-refractivity contribution is 8.26. The fraction of sp³-hybridized carbons (Fsp3) is 0.238. The van der Waals surface area contributed by atoms with Crippen LogP contribution in [0.5, 0.6) is 23.0 Å². The molecule has 3 heterocycles. The normalized spacial score (nSPS) is 18.2. The lowest BCUT2D eigenvalue weighted by atomic mass is 10.1. The van der Waals surface area contributed by atoms with Crippen LogP contribution in [0, 0.1) is 0 Å². The van der Waals surface area contributed by atoms with E-state index in [0.29, 0.717) is 21.5 Å². The zero-order valence-corrected chi connectivity index (χ0v) is 17.0. The number of nitrogens with zero attached hydrogens (tertiary/aromatic N) is 1. The smallest absolute Gasteiger partial charge is 0.266 e. The van der Waals surface area contributed by atoms with E-state index in [9.17, 15) is 4.79 Å². The number of benzene rings is 2. The van der Waals surface area contributed by atoms with Crippen molar-refractivity contribution < 1.29 is 23.7 Å². The van der Waals surface area contributed by atoms with Crippen LogP contribution in [0.4, 0.5) is 0 Å². The minimum Gasteiger partial charge on any atom is -0.454 e. The van der Waals surface area contributed by atoms with Crippen molar-refractivity contribution in [1.29, 1.82) is 0 Å². The molecule has 3 aliphatic heterocycles. The number of thioether (sulfide) groups is 1. The molecule has 5 rings (SSSR count). The molecular weight excluding hydrogens is 410 g/mol. The highest BCUT2D eigenvalue weighted by Crippen LogP contribution is 2.36. The van der Waals surface area contributed by atoms with E-state index in [1.165, 1.54) is 11.8 Å². The van der Waals surface area contributed by atoms with Crippen molar-refractivity contribution in [3.8, 4) is 23.0 Å².